The van der Waals surface area contributed by atoms with Gasteiger partial charge >= 0.3 is 12.2 Å². The number of nitrogens with one attached hydrogen (secondary N) is 3. The van der Waals surface area contributed by atoms with E-state index in [2.05, 4.69) is 20.9 Å². The summed E-state index contributed by atoms with van der Waals surface area (Å²) in [5.74, 6) is -0.610. The first-order valence-corrected chi connectivity index (χ1v) is 10.4. The molecule has 3 amide bonds. The lowest BCUT2D eigenvalue weighted by Crippen LogP contribution is -2.46. The second-order valence-corrected chi connectivity index (χ2v) is 7.79. The number of hydrogen-bond donors (Lipinski definition) is 3. The Kier molecular flexibility index (Phi) is 6.28. The SMILES string of the molecule is CC1=C(C(=O)Nc2cccc(C(F)(F)F)c2)[C@H](c2ccc(N3CCOCC3)cc2)NC(=O)N1. The van der Waals surface area contributed by atoms with Crippen molar-refractivity contribution in [1.82, 2.24) is 10.6 Å². The van der Waals surface area contributed by atoms with Gasteiger partial charge in [-0.15, -0.1) is 0 Å². The molecular formula is C23H23F3N4O3. The van der Waals surface area contributed by atoms with Gasteiger partial charge in [0, 0.05) is 30.2 Å². The molecule has 2 heterocycles. The van der Waals surface area contributed by atoms with Gasteiger partial charge in [-0.25, -0.2) is 4.79 Å². The molecular weight excluding hydrogens is 437 g/mol. The first-order valence-electron chi connectivity index (χ1n) is 10.4. The van der Waals surface area contributed by atoms with Crippen molar-refractivity contribution in [3.63, 3.8) is 0 Å². The summed E-state index contributed by atoms with van der Waals surface area (Å²) in [7, 11) is 0. The summed E-state index contributed by atoms with van der Waals surface area (Å²) >= 11 is 0. The van der Waals surface area contributed by atoms with Crippen LogP contribution in [0.5, 0.6) is 0 Å². The highest BCUT2D eigenvalue weighted by Crippen LogP contribution is 2.32. The van der Waals surface area contributed by atoms with Crippen molar-refractivity contribution in [2.45, 2.75) is 19.1 Å². The molecule has 0 aromatic heterocycles. The third kappa shape index (κ3) is 5.11. The van der Waals surface area contributed by atoms with Crippen molar-refractivity contribution in [1.29, 1.82) is 0 Å². The summed E-state index contributed by atoms with van der Waals surface area (Å²) in [5, 5.41) is 7.82. The quantitative estimate of drug-likeness (QED) is 0.648. The smallest absolute Gasteiger partial charge is 0.378 e. The monoisotopic (exact) mass is 460 g/mol. The van der Waals surface area contributed by atoms with Crippen LogP contribution >= 0.6 is 0 Å². The highest BCUT2D eigenvalue weighted by molar-refractivity contribution is 6.06. The van der Waals surface area contributed by atoms with E-state index in [-0.39, 0.29) is 11.3 Å². The Morgan fingerprint density at radius 2 is 1.82 bits per heavy atom. The predicted octanol–water partition coefficient (Wildman–Crippen LogP) is 3.81. The zero-order valence-corrected chi connectivity index (χ0v) is 17.8. The van der Waals surface area contributed by atoms with Gasteiger partial charge in [0.05, 0.1) is 30.4 Å². The number of carbonyl (C=O) groups excluding carboxylic acids is 2. The van der Waals surface area contributed by atoms with E-state index in [0.717, 1.165) is 30.9 Å². The van der Waals surface area contributed by atoms with Gasteiger partial charge in [-0.3, -0.25) is 4.79 Å². The minimum absolute atomic E-state index is 0.00782. The molecule has 0 bridgehead atoms. The molecule has 0 radical (unpaired) electrons. The highest BCUT2D eigenvalue weighted by Gasteiger charge is 2.33. The molecule has 0 unspecified atom stereocenters. The van der Waals surface area contributed by atoms with Crippen molar-refractivity contribution in [3.8, 4) is 0 Å². The van der Waals surface area contributed by atoms with Crippen LogP contribution in [-0.2, 0) is 15.7 Å². The van der Waals surface area contributed by atoms with Gasteiger partial charge in [0.25, 0.3) is 5.91 Å². The number of rotatable bonds is 4. The van der Waals surface area contributed by atoms with Crippen molar-refractivity contribution in [2.75, 3.05) is 36.5 Å². The second-order valence-electron chi connectivity index (χ2n) is 7.79. The predicted molar refractivity (Wildman–Crippen MR) is 117 cm³/mol. The van der Waals surface area contributed by atoms with E-state index >= 15 is 0 Å². The van der Waals surface area contributed by atoms with Crippen LogP contribution in [0, 0.1) is 0 Å². The number of amides is 3. The summed E-state index contributed by atoms with van der Waals surface area (Å²) in [6.07, 6.45) is -4.53. The van der Waals surface area contributed by atoms with Crippen molar-refractivity contribution in [2.24, 2.45) is 0 Å². The summed E-state index contributed by atoms with van der Waals surface area (Å²) in [6, 6.07) is 10.6. The number of anilines is 2. The van der Waals surface area contributed by atoms with E-state index < -0.39 is 29.7 Å². The van der Waals surface area contributed by atoms with Crippen LogP contribution < -0.4 is 20.9 Å². The highest BCUT2D eigenvalue weighted by atomic mass is 19.4. The average molecular weight is 460 g/mol. The topological polar surface area (TPSA) is 82.7 Å². The lowest BCUT2D eigenvalue weighted by molar-refractivity contribution is -0.137. The Morgan fingerprint density at radius 3 is 2.48 bits per heavy atom. The van der Waals surface area contributed by atoms with Crippen LogP contribution in [-0.4, -0.2) is 38.2 Å². The van der Waals surface area contributed by atoms with Gasteiger partial charge in [-0.05, 0) is 42.8 Å². The van der Waals surface area contributed by atoms with Crippen LogP contribution in [0.3, 0.4) is 0 Å². The van der Waals surface area contributed by atoms with Crippen molar-refractivity contribution in [3.05, 3.63) is 70.9 Å². The minimum atomic E-state index is -4.53. The standard InChI is InChI=1S/C23H23F3N4O3/c1-14-19(21(31)28-17-4-2-3-16(13-17)23(24,25)26)20(29-22(32)27-14)15-5-7-18(8-6-15)30-9-11-33-12-10-30/h2-8,13,20H,9-12H2,1H3,(H,28,31)(H2,27,29,32)/t20-/m0/s1. The first-order chi connectivity index (χ1) is 15.7. The number of urea groups is 1. The molecule has 1 fully saturated rings. The summed E-state index contributed by atoms with van der Waals surface area (Å²) in [6.45, 7) is 4.41. The van der Waals surface area contributed by atoms with Crippen LogP contribution in [0.2, 0.25) is 0 Å². The van der Waals surface area contributed by atoms with Gasteiger partial charge in [0.2, 0.25) is 0 Å². The van der Waals surface area contributed by atoms with Gasteiger partial charge < -0.3 is 25.6 Å². The van der Waals surface area contributed by atoms with Crippen molar-refractivity contribution >= 4 is 23.3 Å². The number of halogens is 3. The van der Waals surface area contributed by atoms with E-state index in [1.807, 2.05) is 24.3 Å². The van der Waals surface area contributed by atoms with E-state index in [0.29, 0.717) is 24.5 Å². The Labute approximate surface area is 188 Å². The van der Waals surface area contributed by atoms with Crippen molar-refractivity contribution < 1.29 is 27.5 Å². The molecule has 0 aliphatic carbocycles. The van der Waals surface area contributed by atoms with Crippen LogP contribution in [0.1, 0.15) is 24.1 Å². The Morgan fingerprint density at radius 1 is 1.12 bits per heavy atom. The average Bonchev–Trinajstić information content (AvgIpc) is 2.79. The summed E-state index contributed by atoms with van der Waals surface area (Å²) in [5.41, 5.74) is 1.36. The molecule has 2 aliphatic rings. The second kappa shape index (κ2) is 9.14. The third-order valence-electron chi connectivity index (χ3n) is 5.56. The molecule has 0 saturated carbocycles. The van der Waals surface area contributed by atoms with Crippen LogP contribution in [0.15, 0.2) is 59.8 Å². The molecule has 2 aromatic rings. The van der Waals surface area contributed by atoms with Crippen LogP contribution in [0.4, 0.5) is 29.3 Å². The normalized spacial score (nSPS) is 19.1. The fraction of sp³-hybridized carbons (Fsp3) is 0.304. The van der Waals surface area contributed by atoms with E-state index in [1.165, 1.54) is 12.1 Å². The lowest BCUT2D eigenvalue weighted by atomic mass is 9.94. The van der Waals surface area contributed by atoms with E-state index in [4.69, 9.17) is 4.74 Å². The van der Waals surface area contributed by atoms with Gasteiger partial charge in [0.1, 0.15) is 0 Å². The number of allylic oxidation sites excluding steroid dienone is 1. The number of benzene rings is 2. The van der Waals surface area contributed by atoms with Crippen LogP contribution in [0.25, 0.3) is 0 Å². The molecule has 3 N–H and O–H groups in total. The first kappa shape index (κ1) is 22.7. The Hall–Kier alpha value is -3.53. The molecule has 33 heavy (non-hydrogen) atoms. The maximum absolute atomic E-state index is 13.1. The van der Waals surface area contributed by atoms with E-state index in [1.54, 1.807) is 6.92 Å². The van der Waals surface area contributed by atoms with Gasteiger partial charge in [-0.2, -0.15) is 13.2 Å². The summed E-state index contributed by atoms with van der Waals surface area (Å²) < 4.78 is 44.4. The number of morpholine rings is 1. The molecule has 2 aromatic carbocycles. The summed E-state index contributed by atoms with van der Waals surface area (Å²) in [4.78, 5) is 27.4. The molecule has 1 saturated heterocycles. The Bertz CT molecular complexity index is 1080. The fourth-order valence-electron chi connectivity index (χ4n) is 3.92. The zero-order chi connectivity index (χ0) is 23.6. The lowest BCUT2D eigenvalue weighted by Gasteiger charge is -2.31. The molecule has 4 rings (SSSR count). The number of alkyl halides is 3. The minimum Gasteiger partial charge on any atom is -0.378 e. The van der Waals surface area contributed by atoms with Gasteiger partial charge in [-0.1, -0.05) is 18.2 Å². The number of hydrogen-bond acceptors (Lipinski definition) is 4. The molecule has 174 valence electrons. The maximum atomic E-state index is 13.1. The largest absolute Gasteiger partial charge is 0.416 e. The molecule has 1 atom stereocenters. The number of ether oxygens (including phenoxy) is 1. The Balaban J connectivity index is 1.58. The van der Waals surface area contributed by atoms with E-state index in [9.17, 15) is 22.8 Å². The fourth-order valence-corrected chi connectivity index (χ4v) is 3.92. The molecule has 2 aliphatic heterocycles. The van der Waals surface area contributed by atoms with Gasteiger partial charge in [0.15, 0.2) is 0 Å². The number of nitrogens with zero attached hydrogens (tertiary/aromatic N) is 1. The number of carbonyl (C=O) groups is 2. The zero-order valence-electron chi connectivity index (χ0n) is 17.8. The molecule has 7 nitrogen and oxygen atoms in total. The maximum Gasteiger partial charge on any atom is 0.416 e. The molecule has 10 heteroatoms. The third-order valence-corrected chi connectivity index (χ3v) is 5.56. The molecule has 0 spiro atoms.